The van der Waals surface area contributed by atoms with Gasteiger partial charge in [0.05, 0.1) is 5.56 Å². The number of hydrogen-bond donors (Lipinski definition) is 0. The third-order valence-electron chi connectivity index (χ3n) is 5.72. The van der Waals surface area contributed by atoms with Crippen LogP contribution >= 0.6 is 0 Å². The molecular formula is C17H18F2O. The maximum atomic E-state index is 13.9. The van der Waals surface area contributed by atoms with Crippen LogP contribution < -0.4 is 0 Å². The first kappa shape index (κ1) is 12.5. The van der Waals surface area contributed by atoms with E-state index in [1.165, 1.54) is 31.4 Å². The summed E-state index contributed by atoms with van der Waals surface area (Å²) in [6.45, 7) is 0. The summed E-state index contributed by atoms with van der Waals surface area (Å²) < 4.78 is 27.3. The number of halogens is 2. The van der Waals surface area contributed by atoms with Crippen LogP contribution in [0.2, 0.25) is 0 Å². The second-order valence-electron chi connectivity index (χ2n) is 7.13. The van der Waals surface area contributed by atoms with Crippen molar-refractivity contribution in [1.29, 1.82) is 0 Å². The second kappa shape index (κ2) is 4.12. The summed E-state index contributed by atoms with van der Waals surface area (Å²) in [7, 11) is 0. The summed E-state index contributed by atoms with van der Waals surface area (Å²) in [5.41, 5.74) is -0.435. The summed E-state index contributed by atoms with van der Waals surface area (Å²) in [4.78, 5) is 12.9. The summed E-state index contributed by atoms with van der Waals surface area (Å²) in [6.07, 6.45) is 6.35. The van der Waals surface area contributed by atoms with Gasteiger partial charge >= 0.3 is 0 Å². The van der Waals surface area contributed by atoms with E-state index >= 15 is 0 Å². The van der Waals surface area contributed by atoms with Crippen LogP contribution in [-0.2, 0) is 0 Å². The van der Waals surface area contributed by atoms with Gasteiger partial charge < -0.3 is 0 Å². The van der Waals surface area contributed by atoms with Crippen LogP contribution in [0.5, 0.6) is 0 Å². The molecule has 20 heavy (non-hydrogen) atoms. The second-order valence-corrected chi connectivity index (χ2v) is 7.13. The van der Waals surface area contributed by atoms with Crippen molar-refractivity contribution in [2.24, 2.45) is 23.2 Å². The van der Waals surface area contributed by atoms with Gasteiger partial charge in [-0.15, -0.1) is 0 Å². The highest BCUT2D eigenvalue weighted by Crippen LogP contribution is 2.61. The molecule has 4 aliphatic carbocycles. The number of ketones is 1. The van der Waals surface area contributed by atoms with Gasteiger partial charge in [-0.05, 0) is 68.4 Å². The molecule has 4 fully saturated rings. The van der Waals surface area contributed by atoms with Crippen molar-refractivity contribution >= 4 is 5.78 Å². The number of benzene rings is 1. The quantitative estimate of drug-likeness (QED) is 0.733. The fraction of sp³-hybridized carbons (Fsp3) is 0.588. The molecule has 0 aliphatic heterocycles. The van der Waals surface area contributed by atoms with Crippen LogP contribution in [0, 0.1) is 34.8 Å². The summed E-state index contributed by atoms with van der Waals surface area (Å²) in [5, 5.41) is 0. The largest absolute Gasteiger partial charge is 0.293 e. The Morgan fingerprint density at radius 3 is 2.10 bits per heavy atom. The normalized spacial score (nSPS) is 38.2. The van der Waals surface area contributed by atoms with Crippen LogP contribution in [0.3, 0.4) is 0 Å². The molecule has 3 heteroatoms. The number of hydrogen-bond acceptors (Lipinski definition) is 1. The number of rotatable bonds is 2. The lowest BCUT2D eigenvalue weighted by Crippen LogP contribution is -2.50. The van der Waals surface area contributed by atoms with Crippen molar-refractivity contribution in [3.05, 3.63) is 35.4 Å². The topological polar surface area (TPSA) is 17.1 Å². The molecule has 0 saturated heterocycles. The Morgan fingerprint density at radius 1 is 1.00 bits per heavy atom. The zero-order valence-electron chi connectivity index (χ0n) is 11.4. The van der Waals surface area contributed by atoms with Crippen LogP contribution in [0.25, 0.3) is 0 Å². The molecule has 1 aromatic rings. The third kappa shape index (κ3) is 1.68. The molecule has 4 saturated carbocycles. The van der Waals surface area contributed by atoms with Crippen LogP contribution in [-0.4, -0.2) is 5.78 Å². The minimum atomic E-state index is -0.965. The number of Topliss-reactive ketones (excluding diaryl/α,β-unsaturated/α-hetero) is 1. The van der Waals surface area contributed by atoms with Crippen LogP contribution in [0.4, 0.5) is 8.78 Å². The van der Waals surface area contributed by atoms with Crippen molar-refractivity contribution in [2.75, 3.05) is 0 Å². The van der Waals surface area contributed by atoms with Gasteiger partial charge in [-0.2, -0.15) is 0 Å². The molecule has 4 aliphatic rings. The Labute approximate surface area is 117 Å². The van der Waals surface area contributed by atoms with Crippen molar-refractivity contribution in [2.45, 2.75) is 38.5 Å². The van der Waals surface area contributed by atoms with E-state index in [1.54, 1.807) is 0 Å². The minimum Gasteiger partial charge on any atom is -0.293 e. The van der Waals surface area contributed by atoms with Gasteiger partial charge in [0.2, 0.25) is 0 Å². The van der Waals surface area contributed by atoms with Gasteiger partial charge in [0, 0.05) is 5.41 Å². The summed E-state index contributed by atoms with van der Waals surface area (Å²) in [5.74, 6) is -0.145. The molecule has 1 aromatic carbocycles. The molecule has 106 valence electrons. The molecule has 0 radical (unpaired) electrons. The van der Waals surface area contributed by atoms with E-state index in [4.69, 9.17) is 0 Å². The maximum Gasteiger partial charge on any atom is 0.172 e. The smallest absolute Gasteiger partial charge is 0.172 e. The van der Waals surface area contributed by atoms with Gasteiger partial charge in [0.1, 0.15) is 0 Å². The number of carbonyl (C=O) groups is 1. The van der Waals surface area contributed by atoms with Gasteiger partial charge in [-0.1, -0.05) is 6.07 Å². The summed E-state index contributed by atoms with van der Waals surface area (Å²) >= 11 is 0. The molecule has 1 nitrogen and oxygen atoms in total. The molecule has 0 unspecified atom stereocenters. The molecule has 0 atom stereocenters. The zero-order valence-corrected chi connectivity index (χ0v) is 11.4. The Morgan fingerprint density at radius 2 is 1.55 bits per heavy atom. The highest BCUT2D eigenvalue weighted by Gasteiger charge is 2.54. The maximum absolute atomic E-state index is 13.9. The predicted molar refractivity (Wildman–Crippen MR) is 71.3 cm³/mol. The molecule has 0 amide bonds. The first-order valence-corrected chi connectivity index (χ1v) is 7.56. The van der Waals surface area contributed by atoms with Crippen molar-refractivity contribution in [1.82, 2.24) is 0 Å². The average molecular weight is 276 g/mol. The van der Waals surface area contributed by atoms with Crippen molar-refractivity contribution < 1.29 is 13.6 Å². The molecule has 0 heterocycles. The monoisotopic (exact) mass is 276 g/mol. The minimum absolute atomic E-state index is 0.0352. The van der Waals surface area contributed by atoms with E-state index in [0.29, 0.717) is 17.8 Å². The van der Waals surface area contributed by atoms with E-state index in [1.807, 2.05) is 0 Å². The molecule has 5 rings (SSSR count). The SMILES string of the molecule is O=C(c1cccc(F)c1F)C12CC3CC(CC(C3)C1)C2. The van der Waals surface area contributed by atoms with E-state index in [9.17, 15) is 13.6 Å². The predicted octanol–water partition coefficient (Wildman–Crippen LogP) is 4.36. The lowest BCUT2D eigenvalue weighted by Gasteiger charge is -2.55. The molecule has 0 N–H and O–H groups in total. The van der Waals surface area contributed by atoms with Crippen LogP contribution in [0.15, 0.2) is 18.2 Å². The van der Waals surface area contributed by atoms with E-state index < -0.39 is 17.0 Å². The fourth-order valence-corrected chi connectivity index (χ4v) is 5.35. The number of carbonyl (C=O) groups excluding carboxylic acids is 1. The van der Waals surface area contributed by atoms with Gasteiger partial charge in [0.15, 0.2) is 17.4 Å². The zero-order chi connectivity index (χ0) is 13.9. The van der Waals surface area contributed by atoms with Crippen molar-refractivity contribution in [3.8, 4) is 0 Å². The van der Waals surface area contributed by atoms with E-state index in [-0.39, 0.29) is 11.3 Å². The first-order valence-electron chi connectivity index (χ1n) is 7.56. The Kier molecular flexibility index (Phi) is 2.57. The Bertz CT molecular complexity index is 543. The average Bonchev–Trinajstić information content (AvgIpc) is 2.39. The van der Waals surface area contributed by atoms with Crippen LogP contribution in [0.1, 0.15) is 48.9 Å². The summed E-state index contributed by atoms with van der Waals surface area (Å²) in [6, 6.07) is 3.96. The highest BCUT2D eigenvalue weighted by atomic mass is 19.2. The van der Waals surface area contributed by atoms with E-state index in [2.05, 4.69) is 0 Å². The molecule has 0 spiro atoms. The van der Waals surface area contributed by atoms with E-state index in [0.717, 1.165) is 25.3 Å². The molecule has 0 aromatic heterocycles. The van der Waals surface area contributed by atoms with Gasteiger partial charge in [-0.25, -0.2) is 8.78 Å². The molecular weight excluding hydrogens is 258 g/mol. The highest BCUT2D eigenvalue weighted by molar-refractivity contribution is 6.01. The molecule has 4 bridgehead atoms. The standard InChI is InChI=1S/C17H18F2O/c18-14-3-1-2-13(15(14)19)16(20)17-7-10-4-11(8-17)6-12(5-10)9-17/h1-3,10-12H,4-9H2. The van der Waals surface area contributed by atoms with Gasteiger partial charge in [0.25, 0.3) is 0 Å². The first-order chi connectivity index (χ1) is 9.57. The fourth-order valence-electron chi connectivity index (χ4n) is 5.35. The lowest BCUT2D eigenvalue weighted by molar-refractivity contribution is -0.0355. The van der Waals surface area contributed by atoms with Gasteiger partial charge in [-0.3, -0.25) is 4.79 Å². The Hall–Kier alpha value is -1.25. The van der Waals surface area contributed by atoms with Crippen molar-refractivity contribution in [3.63, 3.8) is 0 Å². The third-order valence-corrected chi connectivity index (χ3v) is 5.72. The lowest BCUT2D eigenvalue weighted by atomic mass is 9.48. The Balaban J connectivity index is 1.73.